The number of hydrogen-bond acceptors (Lipinski definition) is 1. The summed E-state index contributed by atoms with van der Waals surface area (Å²) in [6.07, 6.45) is -4.40. The first-order valence-corrected chi connectivity index (χ1v) is 6.79. The van der Waals surface area contributed by atoms with Crippen LogP contribution in [0.15, 0.2) is 42.5 Å². The van der Waals surface area contributed by atoms with Gasteiger partial charge in [-0.2, -0.15) is 13.2 Å². The van der Waals surface area contributed by atoms with Crippen LogP contribution in [0.4, 0.5) is 13.2 Å². The third-order valence-electron chi connectivity index (χ3n) is 3.01. The van der Waals surface area contributed by atoms with Crippen LogP contribution in [0.3, 0.4) is 0 Å². The number of rotatable bonds is 3. The van der Waals surface area contributed by atoms with Crippen LogP contribution in [0.25, 0.3) is 0 Å². The molecule has 0 atom stereocenters. The molecule has 0 saturated heterocycles. The van der Waals surface area contributed by atoms with E-state index in [1.54, 1.807) is 12.1 Å². The van der Waals surface area contributed by atoms with Gasteiger partial charge in [0.15, 0.2) is 0 Å². The summed E-state index contributed by atoms with van der Waals surface area (Å²) < 4.78 is 43.4. The van der Waals surface area contributed by atoms with Crippen molar-refractivity contribution in [2.45, 2.75) is 25.9 Å². The van der Waals surface area contributed by atoms with Crippen LogP contribution < -0.4 is 4.74 Å². The van der Waals surface area contributed by atoms with Crippen molar-refractivity contribution in [2.24, 2.45) is 0 Å². The van der Waals surface area contributed by atoms with Gasteiger partial charge in [0.25, 0.3) is 0 Å². The van der Waals surface area contributed by atoms with Gasteiger partial charge in [-0.1, -0.05) is 37.6 Å². The molecule has 21 heavy (non-hydrogen) atoms. The first-order chi connectivity index (χ1) is 9.77. The summed E-state index contributed by atoms with van der Waals surface area (Å²) in [4.78, 5) is 0. The monoisotopic (exact) mass is 314 g/mol. The molecule has 0 aromatic heterocycles. The minimum absolute atomic E-state index is 0.101. The average Bonchev–Trinajstić information content (AvgIpc) is 2.40. The summed E-state index contributed by atoms with van der Waals surface area (Å²) in [6, 6.07) is 9.98. The molecule has 0 amide bonds. The van der Waals surface area contributed by atoms with E-state index in [0.717, 1.165) is 17.7 Å². The van der Waals surface area contributed by atoms with Crippen molar-refractivity contribution in [3.05, 3.63) is 58.6 Å². The number of hydrogen-bond donors (Lipinski definition) is 0. The lowest BCUT2D eigenvalue weighted by Crippen LogP contribution is -2.04. The Morgan fingerprint density at radius 2 is 1.76 bits per heavy atom. The Morgan fingerprint density at radius 3 is 2.33 bits per heavy atom. The maximum atomic E-state index is 12.6. The van der Waals surface area contributed by atoms with E-state index in [1.165, 1.54) is 12.1 Å². The highest BCUT2D eigenvalue weighted by Gasteiger charge is 2.30. The van der Waals surface area contributed by atoms with E-state index in [4.69, 9.17) is 16.3 Å². The lowest BCUT2D eigenvalue weighted by molar-refractivity contribution is -0.137. The molecule has 112 valence electrons. The largest absolute Gasteiger partial charge is 0.456 e. The molecule has 0 radical (unpaired) electrons. The van der Waals surface area contributed by atoms with E-state index in [2.05, 4.69) is 0 Å². The molecule has 2 rings (SSSR count). The topological polar surface area (TPSA) is 9.23 Å². The zero-order chi connectivity index (χ0) is 15.6. The van der Waals surface area contributed by atoms with Crippen LogP contribution in [-0.4, -0.2) is 0 Å². The first-order valence-electron chi connectivity index (χ1n) is 6.42. The highest BCUT2D eigenvalue weighted by molar-refractivity contribution is 6.32. The van der Waals surface area contributed by atoms with Crippen LogP contribution in [0, 0.1) is 0 Å². The standard InChI is InChI=1S/C16H14ClF3O/c1-10(2)11-6-7-15(14(17)8-11)21-13-5-3-4-12(9-13)16(18,19)20/h3-10H,1-2H3. The maximum absolute atomic E-state index is 12.6. The first kappa shape index (κ1) is 15.7. The molecule has 2 aromatic carbocycles. The number of alkyl halides is 3. The molecule has 0 heterocycles. The van der Waals surface area contributed by atoms with Crippen molar-refractivity contribution >= 4 is 11.6 Å². The fourth-order valence-electron chi connectivity index (χ4n) is 1.82. The number of benzene rings is 2. The van der Waals surface area contributed by atoms with E-state index in [-0.39, 0.29) is 5.75 Å². The van der Waals surface area contributed by atoms with Crippen molar-refractivity contribution in [1.82, 2.24) is 0 Å². The fraction of sp³-hybridized carbons (Fsp3) is 0.250. The Hall–Kier alpha value is -1.68. The summed E-state index contributed by atoms with van der Waals surface area (Å²) in [5, 5.41) is 0.374. The normalized spacial score (nSPS) is 11.8. The molecule has 0 spiro atoms. The summed E-state index contributed by atoms with van der Waals surface area (Å²) in [5.74, 6) is 0.745. The summed E-state index contributed by atoms with van der Waals surface area (Å²) in [7, 11) is 0. The molecule has 0 N–H and O–H groups in total. The van der Waals surface area contributed by atoms with Crippen molar-refractivity contribution in [3.63, 3.8) is 0 Å². The van der Waals surface area contributed by atoms with Crippen molar-refractivity contribution in [2.75, 3.05) is 0 Å². The van der Waals surface area contributed by atoms with Gasteiger partial charge in [0.2, 0.25) is 0 Å². The minimum Gasteiger partial charge on any atom is -0.456 e. The second-order valence-corrected chi connectivity index (χ2v) is 5.38. The molecule has 1 nitrogen and oxygen atoms in total. The van der Waals surface area contributed by atoms with Gasteiger partial charge in [-0.05, 0) is 41.8 Å². The molecule has 0 unspecified atom stereocenters. The minimum atomic E-state index is -4.40. The third-order valence-corrected chi connectivity index (χ3v) is 3.31. The van der Waals surface area contributed by atoms with Crippen LogP contribution in [-0.2, 0) is 6.18 Å². The Kier molecular flexibility index (Phi) is 4.47. The van der Waals surface area contributed by atoms with E-state index < -0.39 is 11.7 Å². The molecule has 0 bridgehead atoms. The highest BCUT2D eigenvalue weighted by atomic mass is 35.5. The molecule has 0 aliphatic heterocycles. The second kappa shape index (κ2) is 5.98. The Balaban J connectivity index is 2.26. The Labute approximate surface area is 126 Å². The average molecular weight is 315 g/mol. The summed E-state index contributed by atoms with van der Waals surface area (Å²) >= 11 is 6.11. The lowest BCUT2D eigenvalue weighted by atomic mass is 10.0. The zero-order valence-corrected chi connectivity index (χ0v) is 12.3. The quantitative estimate of drug-likeness (QED) is 0.648. The van der Waals surface area contributed by atoms with Gasteiger partial charge in [-0.3, -0.25) is 0 Å². The zero-order valence-electron chi connectivity index (χ0n) is 11.5. The van der Waals surface area contributed by atoms with E-state index in [0.29, 0.717) is 16.7 Å². The molecule has 0 fully saturated rings. The predicted molar refractivity (Wildman–Crippen MR) is 77.1 cm³/mol. The van der Waals surface area contributed by atoms with E-state index in [9.17, 15) is 13.2 Å². The second-order valence-electron chi connectivity index (χ2n) is 4.97. The smallest absolute Gasteiger partial charge is 0.416 e. The van der Waals surface area contributed by atoms with Gasteiger partial charge >= 0.3 is 6.18 Å². The Bertz CT molecular complexity index is 636. The molecule has 0 aliphatic rings. The Morgan fingerprint density at radius 1 is 1.05 bits per heavy atom. The van der Waals surface area contributed by atoms with Gasteiger partial charge in [-0.25, -0.2) is 0 Å². The lowest BCUT2D eigenvalue weighted by Gasteiger charge is -2.12. The summed E-state index contributed by atoms with van der Waals surface area (Å²) in [6.45, 7) is 4.05. The van der Waals surface area contributed by atoms with Gasteiger partial charge < -0.3 is 4.74 Å². The predicted octanol–water partition coefficient (Wildman–Crippen LogP) is 6.27. The maximum Gasteiger partial charge on any atom is 0.416 e. The van der Waals surface area contributed by atoms with Gasteiger partial charge in [0.1, 0.15) is 11.5 Å². The van der Waals surface area contributed by atoms with Crippen LogP contribution in [0.1, 0.15) is 30.9 Å². The van der Waals surface area contributed by atoms with Crippen LogP contribution in [0.2, 0.25) is 5.02 Å². The fourth-order valence-corrected chi connectivity index (χ4v) is 2.05. The van der Waals surface area contributed by atoms with Crippen molar-refractivity contribution < 1.29 is 17.9 Å². The van der Waals surface area contributed by atoms with E-state index >= 15 is 0 Å². The van der Waals surface area contributed by atoms with Gasteiger partial charge in [-0.15, -0.1) is 0 Å². The summed E-state index contributed by atoms with van der Waals surface area (Å²) in [5.41, 5.74) is 0.284. The molecular formula is C16H14ClF3O. The van der Waals surface area contributed by atoms with Crippen LogP contribution in [0.5, 0.6) is 11.5 Å². The van der Waals surface area contributed by atoms with Gasteiger partial charge in [0.05, 0.1) is 10.6 Å². The third kappa shape index (κ3) is 3.91. The SMILES string of the molecule is CC(C)c1ccc(Oc2cccc(C(F)(F)F)c2)c(Cl)c1. The molecule has 5 heteroatoms. The molecule has 2 aromatic rings. The highest BCUT2D eigenvalue weighted by Crippen LogP contribution is 2.35. The molecule has 0 aliphatic carbocycles. The molecular weight excluding hydrogens is 301 g/mol. The van der Waals surface area contributed by atoms with Crippen LogP contribution >= 0.6 is 11.6 Å². The van der Waals surface area contributed by atoms with Gasteiger partial charge in [0, 0.05) is 0 Å². The molecule has 0 saturated carbocycles. The van der Waals surface area contributed by atoms with Crippen molar-refractivity contribution in [1.29, 1.82) is 0 Å². The number of halogens is 4. The number of ether oxygens (including phenoxy) is 1. The van der Waals surface area contributed by atoms with E-state index in [1.807, 2.05) is 19.9 Å². The van der Waals surface area contributed by atoms with Crippen molar-refractivity contribution in [3.8, 4) is 11.5 Å².